The van der Waals surface area contributed by atoms with E-state index >= 15 is 0 Å². The monoisotopic (exact) mass is 493 g/mol. The molecule has 1 heterocycles. The lowest BCUT2D eigenvalue weighted by Crippen LogP contribution is -2.49. The number of aromatic carboxylic acids is 1. The van der Waals surface area contributed by atoms with Gasteiger partial charge < -0.3 is 24.2 Å². The maximum absolute atomic E-state index is 12.9. The summed E-state index contributed by atoms with van der Waals surface area (Å²) >= 11 is 0. The number of rotatable bonds is 8. The second kappa shape index (κ2) is 10.0. The summed E-state index contributed by atoms with van der Waals surface area (Å²) in [6.07, 6.45) is 3.54. The van der Waals surface area contributed by atoms with Gasteiger partial charge in [0, 0.05) is 23.9 Å². The predicted octanol–water partition coefficient (Wildman–Crippen LogP) is 4.72. The Balaban J connectivity index is 2.00. The van der Waals surface area contributed by atoms with Crippen LogP contribution < -0.4 is 9.64 Å². The van der Waals surface area contributed by atoms with Crippen LogP contribution in [-0.4, -0.2) is 50.3 Å². The van der Waals surface area contributed by atoms with Gasteiger partial charge in [-0.25, -0.2) is 14.4 Å². The first-order valence-corrected chi connectivity index (χ1v) is 12.1. The molecule has 1 aliphatic carbocycles. The Morgan fingerprint density at radius 3 is 2.44 bits per heavy atom. The third-order valence-electron chi connectivity index (χ3n) is 7.16. The van der Waals surface area contributed by atoms with Crippen molar-refractivity contribution < 1.29 is 33.7 Å². The molecule has 4 rings (SSSR count). The van der Waals surface area contributed by atoms with E-state index in [2.05, 4.69) is 11.8 Å². The first-order valence-electron chi connectivity index (χ1n) is 12.1. The highest BCUT2D eigenvalue weighted by atomic mass is 16.5. The van der Waals surface area contributed by atoms with Crippen LogP contribution in [-0.2, 0) is 19.9 Å². The lowest BCUT2D eigenvalue weighted by molar-refractivity contribution is -0.136. The molecular formula is C28H31NO7. The summed E-state index contributed by atoms with van der Waals surface area (Å²) in [7, 11) is 4.62. The molecule has 1 N–H and O–H groups in total. The van der Waals surface area contributed by atoms with Crippen molar-refractivity contribution in [1.29, 1.82) is 0 Å². The molecule has 36 heavy (non-hydrogen) atoms. The number of carboxylic acids is 1. The number of carbonyl (C=O) groups excluding carboxylic acids is 2. The van der Waals surface area contributed by atoms with Crippen molar-refractivity contribution in [2.75, 3.05) is 26.2 Å². The van der Waals surface area contributed by atoms with Gasteiger partial charge in [0.15, 0.2) is 5.60 Å². The minimum Gasteiger partial charge on any atom is -0.478 e. The van der Waals surface area contributed by atoms with Crippen LogP contribution in [0.2, 0.25) is 0 Å². The highest BCUT2D eigenvalue weighted by molar-refractivity contribution is 5.92. The fourth-order valence-electron chi connectivity index (χ4n) is 5.60. The quantitative estimate of drug-likeness (QED) is 0.527. The van der Waals surface area contributed by atoms with Crippen molar-refractivity contribution in [3.63, 3.8) is 0 Å². The van der Waals surface area contributed by atoms with Crippen LogP contribution in [0.3, 0.4) is 0 Å². The number of nitrogens with zero attached hydrogens (tertiary/aromatic N) is 1. The first kappa shape index (κ1) is 25.3. The van der Waals surface area contributed by atoms with E-state index in [0.717, 1.165) is 36.1 Å². The summed E-state index contributed by atoms with van der Waals surface area (Å²) < 4.78 is 16.9. The molecule has 2 aliphatic rings. The molecule has 0 bridgehead atoms. The standard InChI is InChI=1S/C28H31NO7/c1-5-8-24-28(21-12-7-11-20(21)27(33)35-4,36-19-10-6-9-18(15-19)26(32)34-3)22-14-13-17(25(30)31)16-23(22)29(24)2/h6,9-10,13-16,24H,5,7-8,11-12H2,1-4H3,(H,30,31). The van der Waals surface area contributed by atoms with Gasteiger partial charge in [0.2, 0.25) is 0 Å². The number of likely N-dealkylation sites (N-methyl/N-ethyl adjacent to an activating group) is 1. The van der Waals surface area contributed by atoms with Gasteiger partial charge in [-0.15, -0.1) is 0 Å². The lowest BCUT2D eigenvalue weighted by Gasteiger charge is -2.40. The van der Waals surface area contributed by atoms with E-state index in [0.29, 0.717) is 29.7 Å². The Kier molecular flexibility index (Phi) is 7.06. The normalized spacial score (nSPS) is 20.8. The molecule has 0 radical (unpaired) electrons. The van der Waals surface area contributed by atoms with Gasteiger partial charge in [0.25, 0.3) is 0 Å². The highest BCUT2D eigenvalue weighted by Gasteiger charge is 2.56. The second-order valence-corrected chi connectivity index (χ2v) is 9.11. The SMILES string of the molecule is CCCC1N(C)c2cc(C(=O)O)ccc2C1(Oc1cccc(C(=O)OC)c1)C1=C(C(=O)OC)CCC1. The number of methoxy groups -OCH3 is 2. The van der Waals surface area contributed by atoms with Gasteiger partial charge >= 0.3 is 17.9 Å². The van der Waals surface area contributed by atoms with Crippen molar-refractivity contribution in [1.82, 2.24) is 0 Å². The van der Waals surface area contributed by atoms with E-state index in [4.69, 9.17) is 14.2 Å². The topological polar surface area (TPSA) is 102 Å². The number of benzene rings is 2. The first-order chi connectivity index (χ1) is 17.3. The predicted molar refractivity (Wildman–Crippen MR) is 133 cm³/mol. The minimum atomic E-state index is -1.08. The molecular weight excluding hydrogens is 462 g/mol. The van der Waals surface area contributed by atoms with Crippen LogP contribution in [0.1, 0.15) is 65.3 Å². The van der Waals surface area contributed by atoms with Crippen LogP contribution in [0.25, 0.3) is 0 Å². The molecule has 2 aromatic rings. The molecule has 1 aliphatic heterocycles. The van der Waals surface area contributed by atoms with E-state index in [1.165, 1.54) is 14.2 Å². The number of hydrogen-bond donors (Lipinski definition) is 1. The number of carbonyl (C=O) groups is 3. The number of esters is 2. The summed E-state index contributed by atoms with van der Waals surface area (Å²) in [6.45, 7) is 2.08. The lowest BCUT2D eigenvalue weighted by atomic mass is 9.78. The van der Waals surface area contributed by atoms with Gasteiger partial charge in [-0.05, 0) is 61.6 Å². The zero-order chi connectivity index (χ0) is 26.0. The van der Waals surface area contributed by atoms with Crippen molar-refractivity contribution in [2.24, 2.45) is 0 Å². The number of carboxylic acid groups (broad SMARTS) is 1. The molecule has 2 atom stereocenters. The van der Waals surface area contributed by atoms with Crippen LogP contribution in [0.15, 0.2) is 53.6 Å². The van der Waals surface area contributed by atoms with Crippen molar-refractivity contribution in [3.05, 3.63) is 70.3 Å². The maximum Gasteiger partial charge on any atom is 0.337 e. The number of fused-ring (bicyclic) bond motifs is 1. The van der Waals surface area contributed by atoms with E-state index in [1.807, 2.05) is 7.05 Å². The van der Waals surface area contributed by atoms with Crippen LogP contribution in [0, 0.1) is 0 Å². The molecule has 190 valence electrons. The largest absolute Gasteiger partial charge is 0.478 e. The molecule has 8 heteroatoms. The average Bonchev–Trinajstić information content (AvgIpc) is 3.47. The zero-order valence-corrected chi connectivity index (χ0v) is 21.0. The van der Waals surface area contributed by atoms with Crippen molar-refractivity contribution >= 4 is 23.6 Å². The van der Waals surface area contributed by atoms with Crippen molar-refractivity contribution in [3.8, 4) is 5.75 Å². The fraction of sp³-hybridized carbons (Fsp3) is 0.393. The van der Waals surface area contributed by atoms with Gasteiger partial charge in [-0.3, -0.25) is 0 Å². The average molecular weight is 494 g/mol. The Hall–Kier alpha value is -3.81. The minimum absolute atomic E-state index is 0.174. The number of anilines is 1. The maximum atomic E-state index is 12.9. The molecule has 0 amide bonds. The summed E-state index contributed by atoms with van der Waals surface area (Å²) in [6, 6.07) is 11.6. The summed E-state index contributed by atoms with van der Waals surface area (Å²) in [4.78, 5) is 38.9. The zero-order valence-electron chi connectivity index (χ0n) is 21.0. The molecule has 0 spiro atoms. The van der Waals surface area contributed by atoms with E-state index in [-0.39, 0.29) is 17.6 Å². The Labute approximate surface area is 210 Å². The van der Waals surface area contributed by atoms with Gasteiger partial charge in [-0.2, -0.15) is 0 Å². The molecule has 0 aromatic heterocycles. The van der Waals surface area contributed by atoms with Crippen LogP contribution >= 0.6 is 0 Å². The summed E-state index contributed by atoms with van der Waals surface area (Å²) in [5.41, 5.74) is 2.39. The third-order valence-corrected chi connectivity index (χ3v) is 7.16. The van der Waals surface area contributed by atoms with Crippen LogP contribution in [0.4, 0.5) is 5.69 Å². The molecule has 8 nitrogen and oxygen atoms in total. The Morgan fingerprint density at radius 2 is 1.78 bits per heavy atom. The summed E-state index contributed by atoms with van der Waals surface area (Å²) in [5.74, 6) is -1.43. The van der Waals surface area contributed by atoms with Gasteiger partial charge in [0.05, 0.1) is 31.4 Å². The van der Waals surface area contributed by atoms with Crippen molar-refractivity contribution in [2.45, 2.75) is 50.7 Å². The molecule has 0 fully saturated rings. The van der Waals surface area contributed by atoms with E-state index in [9.17, 15) is 19.5 Å². The number of hydrogen-bond acceptors (Lipinski definition) is 7. The molecule has 0 saturated carbocycles. The Morgan fingerprint density at radius 1 is 1.03 bits per heavy atom. The molecule has 0 saturated heterocycles. The number of ether oxygens (including phenoxy) is 3. The van der Waals surface area contributed by atoms with Gasteiger partial charge in [-0.1, -0.05) is 25.5 Å². The van der Waals surface area contributed by atoms with E-state index < -0.39 is 17.5 Å². The van der Waals surface area contributed by atoms with E-state index in [1.54, 1.807) is 42.5 Å². The smallest absolute Gasteiger partial charge is 0.337 e. The summed E-state index contributed by atoms with van der Waals surface area (Å²) in [5, 5.41) is 9.64. The van der Waals surface area contributed by atoms with Crippen LogP contribution in [0.5, 0.6) is 5.75 Å². The second-order valence-electron chi connectivity index (χ2n) is 9.11. The molecule has 2 aromatic carbocycles. The third kappa shape index (κ3) is 4.10. The highest BCUT2D eigenvalue weighted by Crippen LogP contribution is 2.55. The Bertz CT molecular complexity index is 1230. The fourth-order valence-corrected chi connectivity index (χ4v) is 5.60. The van der Waals surface area contributed by atoms with Gasteiger partial charge in [0.1, 0.15) is 5.75 Å². The molecule has 2 unspecified atom stereocenters.